The number of nitrogens with one attached hydrogen (secondary N) is 1. The van der Waals surface area contributed by atoms with E-state index in [2.05, 4.69) is 20.6 Å². The highest BCUT2D eigenvalue weighted by molar-refractivity contribution is 5.95. The maximum absolute atomic E-state index is 12.5. The van der Waals surface area contributed by atoms with Crippen molar-refractivity contribution in [1.82, 2.24) is 25.3 Å². The van der Waals surface area contributed by atoms with E-state index in [0.717, 1.165) is 11.3 Å². The van der Waals surface area contributed by atoms with Gasteiger partial charge in [0.05, 0.1) is 31.2 Å². The Labute approximate surface area is 163 Å². The first kappa shape index (κ1) is 19.3. The minimum absolute atomic E-state index is 0.183. The first-order valence-electron chi connectivity index (χ1n) is 9.05. The maximum Gasteiger partial charge on any atom is 0.254 e. The van der Waals surface area contributed by atoms with Gasteiger partial charge in [-0.3, -0.25) is 4.79 Å². The Morgan fingerprint density at radius 1 is 1.18 bits per heavy atom. The van der Waals surface area contributed by atoms with Crippen molar-refractivity contribution in [3.8, 4) is 17.4 Å². The van der Waals surface area contributed by atoms with Crippen molar-refractivity contribution in [2.24, 2.45) is 0 Å². The molecule has 0 aliphatic carbocycles. The van der Waals surface area contributed by atoms with Gasteiger partial charge in [-0.1, -0.05) is 18.2 Å². The number of benzene rings is 1. The number of hydrogen-bond donors (Lipinski definition) is 1. The van der Waals surface area contributed by atoms with Gasteiger partial charge in [-0.25, -0.2) is 4.68 Å². The summed E-state index contributed by atoms with van der Waals surface area (Å²) in [4.78, 5) is 12.5. The summed E-state index contributed by atoms with van der Waals surface area (Å²) in [6.45, 7) is 4.72. The summed E-state index contributed by atoms with van der Waals surface area (Å²) in [5.41, 5.74) is 2.23. The van der Waals surface area contributed by atoms with Crippen LogP contribution < -0.4 is 14.8 Å². The molecule has 1 aromatic carbocycles. The third-order valence-corrected chi connectivity index (χ3v) is 4.26. The molecular formula is C20H23N5O3. The molecule has 28 heavy (non-hydrogen) atoms. The van der Waals surface area contributed by atoms with Gasteiger partial charge in [-0.15, -0.1) is 10.2 Å². The van der Waals surface area contributed by atoms with Gasteiger partial charge in [-0.2, -0.15) is 5.10 Å². The van der Waals surface area contributed by atoms with Gasteiger partial charge >= 0.3 is 0 Å². The number of para-hydroxylation sites is 1. The zero-order valence-electron chi connectivity index (χ0n) is 16.2. The molecule has 0 radical (unpaired) electrons. The summed E-state index contributed by atoms with van der Waals surface area (Å²) in [5.74, 6) is 1.60. The molecule has 0 aliphatic rings. The minimum Gasteiger partial charge on any atom is -0.496 e. The molecule has 0 unspecified atom stereocenters. The van der Waals surface area contributed by atoms with Crippen molar-refractivity contribution >= 4 is 5.91 Å². The topological polar surface area (TPSA) is 91.2 Å². The van der Waals surface area contributed by atoms with Crippen LogP contribution >= 0.6 is 0 Å². The highest BCUT2D eigenvalue weighted by atomic mass is 16.5. The molecular weight excluding hydrogens is 358 g/mol. The van der Waals surface area contributed by atoms with Crippen LogP contribution in [-0.2, 0) is 6.42 Å². The molecule has 0 atom stereocenters. The summed E-state index contributed by atoms with van der Waals surface area (Å²) in [5, 5.41) is 15.3. The van der Waals surface area contributed by atoms with Gasteiger partial charge < -0.3 is 14.8 Å². The molecule has 0 spiro atoms. The lowest BCUT2D eigenvalue weighted by molar-refractivity contribution is 0.0953. The van der Waals surface area contributed by atoms with Crippen molar-refractivity contribution in [3.05, 3.63) is 59.4 Å². The Balaban J connectivity index is 1.65. The van der Waals surface area contributed by atoms with E-state index in [0.29, 0.717) is 42.5 Å². The van der Waals surface area contributed by atoms with E-state index in [1.165, 1.54) is 6.20 Å². The van der Waals surface area contributed by atoms with Gasteiger partial charge in [-0.05, 0) is 38.0 Å². The number of nitrogens with zero attached hydrogens (tertiary/aromatic N) is 4. The largest absolute Gasteiger partial charge is 0.496 e. The lowest BCUT2D eigenvalue weighted by atomic mass is 10.1. The fourth-order valence-electron chi connectivity index (χ4n) is 2.83. The van der Waals surface area contributed by atoms with E-state index < -0.39 is 0 Å². The summed E-state index contributed by atoms with van der Waals surface area (Å²) >= 11 is 0. The van der Waals surface area contributed by atoms with Crippen LogP contribution in [0.25, 0.3) is 5.82 Å². The van der Waals surface area contributed by atoms with Crippen LogP contribution in [0.5, 0.6) is 11.6 Å². The predicted molar refractivity (Wildman–Crippen MR) is 104 cm³/mol. The quantitative estimate of drug-likeness (QED) is 0.644. The van der Waals surface area contributed by atoms with E-state index in [1.807, 2.05) is 38.1 Å². The van der Waals surface area contributed by atoms with Crippen molar-refractivity contribution in [1.29, 1.82) is 0 Å². The van der Waals surface area contributed by atoms with Gasteiger partial charge in [0.25, 0.3) is 5.91 Å². The molecule has 0 saturated carbocycles. The van der Waals surface area contributed by atoms with Crippen LogP contribution in [0.1, 0.15) is 28.5 Å². The van der Waals surface area contributed by atoms with Gasteiger partial charge in [0.15, 0.2) is 5.82 Å². The van der Waals surface area contributed by atoms with Gasteiger partial charge in [0.1, 0.15) is 5.75 Å². The average molecular weight is 381 g/mol. The van der Waals surface area contributed by atoms with E-state index in [-0.39, 0.29) is 5.91 Å². The van der Waals surface area contributed by atoms with Crippen molar-refractivity contribution in [2.75, 3.05) is 20.3 Å². The molecule has 2 aromatic heterocycles. The third kappa shape index (κ3) is 4.28. The molecule has 0 bridgehead atoms. The van der Waals surface area contributed by atoms with Crippen LogP contribution in [0.2, 0.25) is 0 Å². The van der Waals surface area contributed by atoms with E-state index in [9.17, 15) is 4.79 Å². The van der Waals surface area contributed by atoms with Crippen LogP contribution in [0.15, 0.2) is 42.6 Å². The number of rotatable bonds is 8. The molecule has 3 aromatic rings. The molecule has 1 amide bonds. The lowest BCUT2D eigenvalue weighted by Crippen LogP contribution is -2.26. The molecule has 3 rings (SSSR count). The highest BCUT2D eigenvalue weighted by Crippen LogP contribution is 2.17. The fraction of sp³-hybridized carbons (Fsp3) is 0.300. The lowest BCUT2D eigenvalue weighted by Gasteiger charge is -2.09. The Morgan fingerprint density at radius 3 is 2.71 bits per heavy atom. The van der Waals surface area contributed by atoms with Crippen molar-refractivity contribution in [2.45, 2.75) is 20.3 Å². The summed E-state index contributed by atoms with van der Waals surface area (Å²) in [6.07, 6.45) is 2.21. The Bertz CT molecular complexity index is 937. The number of aromatic nitrogens is 4. The zero-order valence-corrected chi connectivity index (χ0v) is 16.2. The molecule has 2 heterocycles. The Hall–Kier alpha value is -3.42. The predicted octanol–water partition coefficient (Wildman–Crippen LogP) is 2.35. The first-order valence-corrected chi connectivity index (χ1v) is 9.05. The number of ether oxygens (including phenoxy) is 2. The summed E-state index contributed by atoms with van der Waals surface area (Å²) in [6, 6.07) is 11.2. The standard InChI is InChI=1S/C20H23N5O3/c1-4-28-19-10-9-18(23-24-19)25-14(2)16(13-22-25)20(26)21-12-11-15-7-5-6-8-17(15)27-3/h5-10,13H,4,11-12H2,1-3H3,(H,21,26). The van der Waals surface area contributed by atoms with Gasteiger partial charge in [0, 0.05) is 12.6 Å². The molecule has 0 saturated heterocycles. The zero-order chi connectivity index (χ0) is 19.9. The third-order valence-electron chi connectivity index (χ3n) is 4.26. The fourth-order valence-corrected chi connectivity index (χ4v) is 2.83. The smallest absolute Gasteiger partial charge is 0.254 e. The number of hydrogen-bond acceptors (Lipinski definition) is 6. The number of carbonyl (C=O) groups excluding carboxylic acids is 1. The van der Waals surface area contributed by atoms with Crippen LogP contribution in [0.3, 0.4) is 0 Å². The molecule has 8 heteroatoms. The summed E-state index contributed by atoms with van der Waals surface area (Å²) < 4.78 is 12.2. The Kier molecular flexibility index (Phi) is 6.21. The second-order valence-electron chi connectivity index (χ2n) is 6.04. The Morgan fingerprint density at radius 2 is 2.00 bits per heavy atom. The van der Waals surface area contributed by atoms with Gasteiger partial charge in [0.2, 0.25) is 5.88 Å². The number of amides is 1. The monoisotopic (exact) mass is 381 g/mol. The van der Waals surface area contributed by atoms with E-state index >= 15 is 0 Å². The first-order chi connectivity index (χ1) is 13.6. The van der Waals surface area contributed by atoms with Crippen molar-refractivity contribution < 1.29 is 14.3 Å². The SMILES string of the molecule is CCOc1ccc(-n2ncc(C(=O)NCCc3ccccc3OC)c2C)nn1. The highest BCUT2D eigenvalue weighted by Gasteiger charge is 2.16. The average Bonchev–Trinajstić information content (AvgIpc) is 3.10. The molecule has 0 aliphatic heterocycles. The molecule has 1 N–H and O–H groups in total. The molecule has 146 valence electrons. The second-order valence-corrected chi connectivity index (χ2v) is 6.04. The molecule has 0 fully saturated rings. The number of carbonyl (C=O) groups is 1. The van der Waals surface area contributed by atoms with Crippen molar-refractivity contribution in [3.63, 3.8) is 0 Å². The normalized spacial score (nSPS) is 10.5. The maximum atomic E-state index is 12.5. The van der Waals surface area contributed by atoms with E-state index in [4.69, 9.17) is 9.47 Å². The van der Waals surface area contributed by atoms with Crippen LogP contribution in [0.4, 0.5) is 0 Å². The summed E-state index contributed by atoms with van der Waals surface area (Å²) in [7, 11) is 1.64. The minimum atomic E-state index is -0.183. The van der Waals surface area contributed by atoms with E-state index in [1.54, 1.807) is 23.9 Å². The molecule has 8 nitrogen and oxygen atoms in total. The van der Waals surface area contributed by atoms with Crippen LogP contribution in [-0.4, -0.2) is 46.1 Å². The van der Waals surface area contributed by atoms with Crippen LogP contribution in [0, 0.1) is 6.92 Å². The number of methoxy groups -OCH3 is 1. The second kappa shape index (κ2) is 8.98.